The van der Waals surface area contributed by atoms with Gasteiger partial charge in [-0.3, -0.25) is 9.59 Å². The van der Waals surface area contributed by atoms with Gasteiger partial charge in [-0.15, -0.1) is 0 Å². The number of carbonyl (C=O) groups is 2. The molecule has 1 aromatic rings. The Bertz CT molecular complexity index is 530. The highest BCUT2D eigenvalue weighted by Crippen LogP contribution is 2.23. The average molecular weight is 279 g/mol. The van der Waals surface area contributed by atoms with Crippen molar-refractivity contribution >= 4 is 11.9 Å². The second kappa shape index (κ2) is 5.25. The maximum absolute atomic E-state index is 13.4. The molecule has 4 nitrogen and oxygen atoms in total. The van der Waals surface area contributed by atoms with Gasteiger partial charge in [0.2, 0.25) is 0 Å². The zero-order valence-electron chi connectivity index (χ0n) is 9.85. The number of rotatable bonds is 3. The number of hydrogen-bond donors (Lipinski definition) is 2. The topological polar surface area (TPSA) is 66.4 Å². The molecule has 0 saturated heterocycles. The molecule has 104 valence electrons. The number of carboxylic acids is 1. The Kier molecular flexibility index (Phi) is 4.13. The largest absolute Gasteiger partial charge is 0.480 e. The first-order chi connectivity index (χ1) is 8.68. The molecule has 0 aliphatic heterocycles. The Morgan fingerprint density at radius 3 is 1.84 bits per heavy atom. The van der Waals surface area contributed by atoms with Gasteiger partial charge in [0, 0.05) is 5.56 Å². The van der Waals surface area contributed by atoms with Gasteiger partial charge in [-0.2, -0.15) is 0 Å². The zero-order valence-corrected chi connectivity index (χ0v) is 9.85. The van der Waals surface area contributed by atoms with Crippen LogP contribution in [0.25, 0.3) is 0 Å². The molecule has 0 fully saturated rings. The minimum absolute atomic E-state index is 0.804. The van der Waals surface area contributed by atoms with Gasteiger partial charge in [0.05, 0.1) is 0 Å². The van der Waals surface area contributed by atoms with E-state index in [1.165, 1.54) is 0 Å². The molecule has 0 saturated carbocycles. The van der Waals surface area contributed by atoms with Crippen LogP contribution in [-0.4, -0.2) is 23.0 Å². The molecule has 1 atom stereocenters. The fraction of sp³-hybridized carbons (Fsp3) is 0.273. The van der Waals surface area contributed by atoms with Crippen LogP contribution in [0, 0.1) is 30.2 Å². The number of benzene rings is 1. The first-order valence-corrected chi connectivity index (χ1v) is 5.04. The van der Waals surface area contributed by atoms with Gasteiger partial charge in [-0.25, -0.2) is 17.6 Å². The predicted octanol–water partition coefficient (Wildman–Crippen LogP) is 1.75. The van der Waals surface area contributed by atoms with E-state index in [0.717, 1.165) is 13.8 Å². The van der Waals surface area contributed by atoms with Crippen molar-refractivity contribution in [3.05, 3.63) is 34.4 Å². The fourth-order valence-corrected chi connectivity index (χ4v) is 1.27. The highest BCUT2D eigenvalue weighted by atomic mass is 19.2. The van der Waals surface area contributed by atoms with Crippen molar-refractivity contribution in [1.29, 1.82) is 0 Å². The van der Waals surface area contributed by atoms with Crippen LogP contribution in [0.5, 0.6) is 0 Å². The lowest BCUT2D eigenvalue weighted by atomic mass is 10.1. The fourth-order valence-electron chi connectivity index (χ4n) is 1.27. The molecular weight excluding hydrogens is 270 g/mol. The van der Waals surface area contributed by atoms with E-state index in [1.807, 2.05) is 0 Å². The van der Waals surface area contributed by atoms with Crippen LogP contribution in [0.4, 0.5) is 17.6 Å². The van der Waals surface area contributed by atoms with Crippen molar-refractivity contribution in [3.8, 4) is 0 Å². The van der Waals surface area contributed by atoms with Crippen LogP contribution >= 0.6 is 0 Å². The summed E-state index contributed by atoms with van der Waals surface area (Å²) in [6, 6.07) is -1.47. The summed E-state index contributed by atoms with van der Waals surface area (Å²) < 4.78 is 53.3. The maximum Gasteiger partial charge on any atom is 0.325 e. The van der Waals surface area contributed by atoms with E-state index in [2.05, 4.69) is 0 Å². The Hall–Kier alpha value is -2.12. The van der Waals surface area contributed by atoms with Crippen molar-refractivity contribution in [3.63, 3.8) is 0 Å². The summed E-state index contributed by atoms with van der Waals surface area (Å²) in [4.78, 5) is 21.9. The second-order valence-electron chi connectivity index (χ2n) is 3.79. The van der Waals surface area contributed by atoms with Gasteiger partial charge in [-0.05, 0) is 13.8 Å². The molecule has 0 aliphatic carbocycles. The van der Waals surface area contributed by atoms with Crippen LogP contribution in [-0.2, 0) is 4.79 Å². The van der Waals surface area contributed by atoms with Gasteiger partial charge in [0.15, 0.2) is 23.3 Å². The predicted molar refractivity (Wildman–Crippen MR) is 55.6 cm³/mol. The average Bonchev–Trinajstić information content (AvgIpc) is 2.34. The summed E-state index contributed by atoms with van der Waals surface area (Å²) >= 11 is 0. The molecule has 2 N–H and O–H groups in total. The van der Waals surface area contributed by atoms with Gasteiger partial charge in [-0.1, -0.05) is 0 Å². The number of halogens is 4. The van der Waals surface area contributed by atoms with Crippen molar-refractivity contribution in [2.75, 3.05) is 0 Å². The third-order valence-corrected chi connectivity index (χ3v) is 2.43. The second-order valence-corrected chi connectivity index (χ2v) is 3.79. The maximum atomic E-state index is 13.4. The Morgan fingerprint density at radius 2 is 1.47 bits per heavy atom. The Balaban J connectivity index is 3.28. The summed E-state index contributed by atoms with van der Waals surface area (Å²) in [5.41, 5.74) is -2.40. The Morgan fingerprint density at radius 1 is 1.05 bits per heavy atom. The van der Waals surface area contributed by atoms with Crippen LogP contribution in [0.15, 0.2) is 0 Å². The molecule has 0 aromatic heterocycles. The molecule has 0 heterocycles. The molecule has 8 heteroatoms. The van der Waals surface area contributed by atoms with Crippen molar-refractivity contribution < 1.29 is 32.3 Å². The summed E-state index contributed by atoms with van der Waals surface area (Å²) in [6.07, 6.45) is 0. The monoisotopic (exact) mass is 279 g/mol. The van der Waals surface area contributed by atoms with E-state index in [0.29, 0.717) is 0 Å². The van der Waals surface area contributed by atoms with Crippen molar-refractivity contribution in [2.24, 2.45) is 0 Å². The number of carbonyl (C=O) groups excluding carboxylic acids is 1. The normalized spacial score (nSPS) is 12.1. The molecule has 1 aromatic carbocycles. The number of aliphatic carboxylic acids is 1. The molecule has 1 rings (SSSR count). The lowest BCUT2D eigenvalue weighted by Crippen LogP contribution is -2.39. The van der Waals surface area contributed by atoms with Gasteiger partial charge in [0.25, 0.3) is 5.91 Å². The molecule has 19 heavy (non-hydrogen) atoms. The summed E-state index contributed by atoms with van der Waals surface area (Å²) in [5.74, 6) is -10.2. The Labute approximate surface area is 105 Å². The third-order valence-electron chi connectivity index (χ3n) is 2.43. The molecule has 0 unspecified atom stereocenters. The van der Waals surface area contributed by atoms with E-state index < -0.39 is 52.3 Å². The van der Waals surface area contributed by atoms with E-state index in [4.69, 9.17) is 5.11 Å². The van der Waals surface area contributed by atoms with Gasteiger partial charge < -0.3 is 10.4 Å². The van der Waals surface area contributed by atoms with E-state index in [9.17, 15) is 27.2 Å². The van der Waals surface area contributed by atoms with Crippen LogP contribution in [0.1, 0.15) is 22.8 Å². The van der Waals surface area contributed by atoms with Crippen LogP contribution < -0.4 is 5.32 Å². The van der Waals surface area contributed by atoms with E-state index in [-0.39, 0.29) is 0 Å². The number of nitrogens with one attached hydrogen (secondary N) is 1. The van der Waals surface area contributed by atoms with Crippen molar-refractivity contribution in [2.45, 2.75) is 19.9 Å². The van der Waals surface area contributed by atoms with Gasteiger partial charge in [0.1, 0.15) is 11.6 Å². The van der Waals surface area contributed by atoms with Crippen LogP contribution in [0.2, 0.25) is 0 Å². The highest BCUT2D eigenvalue weighted by molar-refractivity contribution is 5.97. The summed E-state index contributed by atoms with van der Waals surface area (Å²) in [6.45, 7) is 1.83. The standard InChI is InChI=1S/C11H9F4NO3/c1-3-6(12)8(14)5(9(15)7(3)13)10(17)16-4(2)11(18)19/h4H,1-2H3,(H,16,17)(H,18,19)/t4-/m0/s1. The van der Waals surface area contributed by atoms with Gasteiger partial charge >= 0.3 is 5.97 Å². The molecule has 0 spiro atoms. The van der Waals surface area contributed by atoms with Crippen LogP contribution in [0.3, 0.4) is 0 Å². The molecule has 0 radical (unpaired) electrons. The number of carboxylic acid groups (broad SMARTS) is 1. The smallest absolute Gasteiger partial charge is 0.325 e. The molecular formula is C11H9F4NO3. The molecule has 1 amide bonds. The van der Waals surface area contributed by atoms with Crippen molar-refractivity contribution in [1.82, 2.24) is 5.32 Å². The minimum atomic E-state index is -1.87. The first kappa shape index (κ1) is 14.9. The van der Waals surface area contributed by atoms with E-state index in [1.54, 1.807) is 5.32 Å². The zero-order chi connectivity index (χ0) is 14.9. The number of amides is 1. The molecule has 0 bridgehead atoms. The summed E-state index contributed by atoms with van der Waals surface area (Å²) in [5, 5.41) is 10.2. The molecule has 0 aliphatic rings. The highest BCUT2D eigenvalue weighted by Gasteiger charge is 2.29. The lowest BCUT2D eigenvalue weighted by Gasteiger charge is -2.12. The quantitative estimate of drug-likeness (QED) is 0.654. The SMILES string of the molecule is Cc1c(F)c(F)c(C(=O)N[C@@H](C)C(=O)O)c(F)c1F. The minimum Gasteiger partial charge on any atom is -0.480 e. The number of hydrogen-bond acceptors (Lipinski definition) is 2. The summed E-state index contributed by atoms with van der Waals surface area (Å²) in [7, 11) is 0. The van der Waals surface area contributed by atoms with E-state index >= 15 is 0 Å². The first-order valence-electron chi connectivity index (χ1n) is 5.04. The lowest BCUT2D eigenvalue weighted by molar-refractivity contribution is -0.138. The third kappa shape index (κ3) is 2.67.